The third-order valence-corrected chi connectivity index (χ3v) is 3.87. The number of amides is 1. The lowest BCUT2D eigenvalue weighted by molar-refractivity contribution is -0.115. The average molecular weight is 321 g/mol. The summed E-state index contributed by atoms with van der Waals surface area (Å²) in [6.07, 6.45) is 0.215. The first kappa shape index (κ1) is 15.9. The van der Waals surface area contributed by atoms with Crippen molar-refractivity contribution in [2.24, 2.45) is 0 Å². The second kappa shape index (κ2) is 7.04. The number of hydrogen-bond acceptors (Lipinski definition) is 3. The summed E-state index contributed by atoms with van der Waals surface area (Å²) in [5.74, 6) is 1.27. The van der Waals surface area contributed by atoms with E-state index in [1.165, 1.54) is 0 Å². The Balaban J connectivity index is 1.77. The predicted molar refractivity (Wildman–Crippen MR) is 95.8 cm³/mol. The van der Waals surface area contributed by atoms with Crippen LogP contribution in [0.5, 0.6) is 11.5 Å². The number of anilines is 1. The van der Waals surface area contributed by atoms with Crippen LogP contribution in [-0.2, 0) is 11.2 Å². The van der Waals surface area contributed by atoms with E-state index in [2.05, 4.69) is 5.32 Å². The average Bonchev–Trinajstić information content (AvgIpc) is 2.61. The third kappa shape index (κ3) is 3.49. The summed E-state index contributed by atoms with van der Waals surface area (Å²) in [6.45, 7) is 0. The molecule has 3 rings (SSSR count). The summed E-state index contributed by atoms with van der Waals surface area (Å²) in [5.41, 5.74) is 1.57. The van der Waals surface area contributed by atoms with Crippen LogP contribution in [0.4, 0.5) is 5.69 Å². The highest BCUT2D eigenvalue weighted by Crippen LogP contribution is 2.25. The van der Waals surface area contributed by atoms with Crippen molar-refractivity contribution in [3.05, 3.63) is 66.2 Å². The lowest BCUT2D eigenvalue weighted by atomic mass is 10.1. The van der Waals surface area contributed by atoms with Crippen molar-refractivity contribution in [1.29, 1.82) is 0 Å². The number of carbonyl (C=O) groups is 1. The SMILES string of the molecule is COc1ccc(OC)c(CC(=O)Nc2ccc3ccccc3c2)c1. The van der Waals surface area contributed by atoms with Crippen LogP contribution < -0.4 is 14.8 Å². The molecule has 0 aliphatic carbocycles. The van der Waals surface area contributed by atoms with Crippen molar-refractivity contribution in [3.63, 3.8) is 0 Å². The molecule has 0 unspecified atom stereocenters. The van der Waals surface area contributed by atoms with Gasteiger partial charge in [0.15, 0.2) is 0 Å². The summed E-state index contributed by atoms with van der Waals surface area (Å²) in [6, 6.07) is 19.3. The molecule has 1 N–H and O–H groups in total. The van der Waals surface area contributed by atoms with E-state index in [4.69, 9.17) is 9.47 Å². The molecule has 24 heavy (non-hydrogen) atoms. The minimum Gasteiger partial charge on any atom is -0.497 e. The van der Waals surface area contributed by atoms with Crippen LogP contribution in [0.15, 0.2) is 60.7 Å². The number of benzene rings is 3. The van der Waals surface area contributed by atoms with E-state index in [0.29, 0.717) is 11.5 Å². The number of rotatable bonds is 5. The van der Waals surface area contributed by atoms with Crippen LogP contribution in [0.25, 0.3) is 10.8 Å². The Bertz CT molecular complexity index is 874. The zero-order valence-corrected chi connectivity index (χ0v) is 13.7. The topological polar surface area (TPSA) is 47.6 Å². The van der Waals surface area contributed by atoms with Gasteiger partial charge in [0, 0.05) is 11.3 Å². The van der Waals surface area contributed by atoms with E-state index in [9.17, 15) is 4.79 Å². The zero-order valence-electron chi connectivity index (χ0n) is 13.7. The number of fused-ring (bicyclic) bond motifs is 1. The van der Waals surface area contributed by atoms with E-state index >= 15 is 0 Å². The molecule has 0 saturated heterocycles. The fraction of sp³-hybridized carbons (Fsp3) is 0.150. The first-order valence-electron chi connectivity index (χ1n) is 7.69. The van der Waals surface area contributed by atoms with Crippen molar-refractivity contribution in [1.82, 2.24) is 0 Å². The molecular weight excluding hydrogens is 302 g/mol. The third-order valence-electron chi connectivity index (χ3n) is 3.87. The van der Waals surface area contributed by atoms with Gasteiger partial charge in [0.05, 0.1) is 20.6 Å². The standard InChI is InChI=1S/C20H19NO3/c1-23-18-9-10-19(24-2)16(12-18)13-20(22)21-17-8-7-14-5-3-4-6-15(14)11-17/h3-12H,13H2,1-2H3,(H,21,22). The normalized spacial score (nSPS) is 10.4. The van der Waals surface area contributed by atoms with Gasteiger partial charge in [-0.05, 0) is 41.1 Å². The van der Waals surface area contributed by atoms with E-state index in [1.54, 1.807) is 20.3 Å². The van der Waals surface area contributed by atoms with Crippen molar-refractivity contribution < 1.29 is 14.3 Å². The quantitative estimate of drug-likeness (QED) is 0.771. The monoisotopic (exact) mass is 321 g/mol. The molecule has 1 amide bonds. The van der Waals surface area contributed by atoms with Gasteiger partial charge in [-0.3, -0.25) is 4.79 Å². The van der Waals surface area contributed by atoms with Gasteiger partial charge >= 0.3 is 0 Å². The summed E-state index contributed by atoms with van der Waals surface area (Å²) in [7, 11) is 3.19. The molecule has 0 saturated carbocycles. The molecule has 0 aliphatic heterocycles. The van der Waals surface area contributed by atoms with Crippen LogP contribution in [0, 0.1) is 0 Å². The molecule has 0 fully saturated rings. The number of hydrogen-bond donors (Lipinski definition) is 1. The Kier molecular flexibility index (Phi) is 4.66. The molecule has 0 spiro atoms. The van der Waals surface area contributed by atoms with Gasteiger partial charge < -0.3 is 14.8 Å². The molecule has 0 atom stereocenters. The fourth-order valence-corrected chi connectivity index (χ4v) is 2.67. The maximum atomic E-state index is 12.4. The largest absolute Gasteiger partial charge is 0.497 e. The van der Waals surface area contributed by atoms with Crippen LogP contribution in [0.1, 0.15) is 5.56 Å². The van der Waals surface area contributed by atoms with Crippen molar-refractivity contribution >= 4 is 22.4 Å². The highest BCUT2D eigenvalue weighted by molar-refractivity contribution is 5.95. The van der Waals surface area contributed by atoms with Crippen LogP contribution in [0.3, 0.4) is 0 Å². The van der Waals surface area contributed by atoms with Crippen molar-refractivity contribution in [3.8, 4) is 11.5 Å². The minimum atomic E-state index is -0.100. The van der Waals surface area contributed by atoms with Gasteiger partial charge in [0.1, 0.15) is 11.5 Å². The van der Waals surface area contributed by atoms with E-state index in [0.717, 1.165) is 22.0 Å². The Hall–Kier alpha value is -3.01. The number of nitrogens with one attached hydrogen (secondary N) is 1. The molecule has 3 aromatic rings. The molecule has 0 bridgehead atoms. The minimum absolute atomic E-state index is 0.100. The Morgan fingerprint density at radius 1 is 0.917 bits per heavy atom. The molecule has 122 valence electrons. The van der Waals surface area contributed by atoms with Gasteiger partial charge in [-0.25, -0.2) is 0 Å². The predicted octanol–water partition coefficient (Wildman–Crippen LogP) is 4.04. The molecule has 0 aliphatic rings. The molecular formula is C20H19NO3. The number of methoxy groups -OCH3 is 2. The van der Waals surface area contributed by atoms with E-state index < -0.39 is 0 Å². The van der Waals surface area contributed by atoms with E-state index in [-0.39, 0.29) is 12.3 Å². The summed E-state index contributed by atoms with van der Waals surface area (Å²) in [4.78, 5) is 12.4. The molecule has 4 nitrogen and oxygen atoms in total. The summed E-state index contributed by atoms with van der Waals surface area (Å²) < 4.78 is 10.5. The first-order chi connectivity index (χ1) is 11.7. The summed E-state index contributed by atoms with van der Waals surface area (Å²) in [5, 5.41) is 5.17. The fourth-order valence-electron chi connectivity index (χ4n) is 2.67. The lowest BCUT2D eigenvalue weighted by Gasteiger charge is -2.11. The molecule has 4 heteroatoms. The number of ether oxygens (including phenoxy) is 2. The maximum Gasteiger partial charge on any atom is 0.228 e. The molecule has 0 radical (unpaired) electrons. The van der Waals surface area contributed by atoms with Crippen LogP contribution in [-0.4, -0.2) is 20.1 Å². The summed E-state index contributed by atoms with van der Waals surface area (Å²) >= 11 is 0. The Morgan fingerprint density at radius 2 is 1.71 bits per heavy atom. The molecule has 0 aromatic heterocycles. The van der Waals surface area contributed by atoms with Gasteiger partial charge in [-0.2, -0.15) is 0 Å². The van der Waals surface area contributed by atoms with Crippen LogP contribution in [0.2, 0.25) is 0 Å². The highest BCUT2D eigenvalue weighted by Gasteiger charge is 2.11. The van der Waals surface area contributed by atoms with Gasteiger partial charge in [-0.15, -0.1) is 0 Å². The van der Waals surface area contributed by atoms with E-state index in [1.807, 2.05) is 54.6 Å². The van der Waals surface area contributed by atoms with Crippen LogP contribution >= 0.6 is 0 Å². The first-order valence-corrected chi connectivity index (χ1v) is 7.69. The van der Waals surface area contributed by atoms with Crippen molar-refractivity contribution in [2.45, 2.75) is 6.42 Å². The zero-order chi connectivity index (χ0) is 16.9. The van der Waals surface area contributed by atoms with Crippen molar-refractivity contribution in [2.75, 3.05) is 19.5 Å². The van der Waals surface area contributed by atoms with Gasteiger partial charge in [0.25, 0.3) is 0 Å². The second-order valence-electron chi connectivity index (χ2n) is 5.46. The maximum absolute atomic E-state index is 12.4. The van der Waals surface area contributed by atoms with Gasteiger partial charge in [0.2, 0.25) is 5.91 Å². The highest BCUT2D eigenvalue weighted by atomic mass is 16.5. The van der Waals surface area contributed by atoms with Gasteiger partial charge in [-0.1, -0.05) is 30.3 Å². The number of carbonyl (C=O) groups excluding carboxylic acids is 1. The Morgan fingerprint density at radius 3 is 2.46 bits per heavy atom. The molecule has 3 aromatic carbocycles. The molecule has 0 heterocycles. The Labute approximate surface area is 141 Å². The lowest BCUT2D eigenvalue weighted by Crippen LogP contribution is -2.15. The smallest absolute Gasteiger partial charge is 0.228 e. The second-order valence-corrected chi connectivity index (χ2v) is 5.46.